The van der Waals surface area contributed by atoms with E-state index in [4.69, 9.17) is 0 Å². The Labute approximate surface area is 327 Å². The van der Waals surface area contributed by atoms with Crippen LogP contribution < -0.4 is 4.90 Å². The molecule has 0 amide bonds. The van der Waals surface area contributed by atoms with Gasteiger partial charge >= 0.3 is 0 Å². The van der Waals surface area contributed by atoms with Gasteiger partial charge in [0, 0.05) is 62.8 Å². The quantitative estimate of drug-likeness (QED) is 0.164. The van der Waals surface area contributed by atoms with Crippen LogP contribution in [0, 0.1) is 0 Å². The Morgan fingerprint density at radius 1 is 0.309 bits per heavy atom. The molecular formula is C52H33NS2. The van der Waals surface area contributed by atoms with Crippen molar-refractivity contribution < 1.29 is 0 Å². The fourth-order valence-electron chi connectivity index (χ4n) is 8.26. The van der Waals surface area contributed by atoms with Crippen LogP contribution in [0.15, 0.2) is 200 Å². The second-order valence-electron chi connectivity index (χ2n) is 14.1. The summed E-state index contributed by atoms with van der Waals surface area (Å²) in [6.07, 6.45) is 0. The van der Waals surface area contributed by atoms with Gasteiger partial charge in [0.1, 0.15) is 0 Å². The zero-order chi connectivity index (χ0) is 36.3. The first kappa shape index (κ1) is 32.0. The minimum atomic E-state index is 1.11. The van der Waals surface area contributed by atoms with E-state index in [1.54, 1.807) is 0 Å². The van der Waals surface area contributed by atoms with Gasteiger partial charge in [-0.25, -0.2) is 0 Å². The first-order valence-electron chi connectivity index (χ1n) is 18.7. The molecule has 1 nitrogen and oxygen atoms in total. The van der Waals surface area contributed by atoms with Crippen molar-refractivity contribution in [2.75, 3.05) is 4.90 Å². The average molecular weight is 736 g/mol. The molecule has 9 aromatic carbocycles. The number of anilines is 3. The fraction of sp³-hybridized carbons (Fsp3) is 0. The summed E-state index contributed by atoms with van der Waals surface area (Å²) < 4.78 is 5.28. The monoisotopic (exact) mass is 735 g/mol. The van der Waals surface area contributed by atoms with E-state index in [1.807, 2.05) is 22.7 Å². The maximum atomic E-state index is 2.42. The number of thiophene rings is 2. The molecule has 3 heteroatoms. The summed E-state index contributed by atoms with van der Waals surface area (Å²) in [5.74, 6) is 0. The molecule has 0 saturated heterocycles. The minimum absolute atomic E-state index is 1.11. The summed E-state index contributed by atoms with van der Waals surface area (Å²) in [7, 11) is 0. The zero-order valence-electron chi connectivity index (χ0n) is 29.8. The summed E-state index contributed by atoms with van der Waals surface area (Å²) in [4.78, 5) is 2.42. The SMILES string of the molecule is c1ccc(N(c2ccc(-c3ccc4sc5ccccc5c4c3)cc2)c2ccc(-c3cccc4ccccc34)cc2)c(-c2cccc3c2sc2ccccc23)c1. The van der Waals surface area contributed by atoms with E-state index < -0.39 is 0 Å². The maximum Gasteiger partial charge on any atom is 0.0540 e. The summed E-state index contributed by atoms with van der Waals surface area (Å²) in [6.45, 7) is 0. The molecule has 0 N–H and O–H groups in total. The van der Waals surface area contributed by atoms with Crippen molar-refractivity contribution in [2.45, 2.75) is 0 Å². The van der Waals surface area contributed by atoms with Gasteiger partial charge < -0.3 is 4.90 Å². The molecule has 0 fully saturated rings. The second-order valence-corrected chi connectivity index (χ2v) is 16.2. The fourth-order valence-corrected chi connectivity index (χ4v) is 10.6. The average Bonchev–Trinajstić information content (AvgIpc) is 3.83. The van der Waals surface area contributed by atoms with Crippen molar-refractivity contribution in [3.05, 3.63) is 200 Å². The molecule has 11 rings (SSSR count). The van der Waals surface area contributed by atoms with Crippen molar-refractivity contribution in [1.29, 1.82) is 0 Å². The van der Waals surface area contributed by atoms with E-state index in [0.717, 1.165) is 17.1 Å². The van der Waals surface area contributed by atoms with Gasteiger partial charge in [0.2, 0.25) is 0 Å². The predicted octanol–water partition coefficient (Wildman–Crippen LogP) is 16.0. The van der Waals surface area contributed by atoms with Gasteiger partial charge in [-0.1, -0.05) is 146 Å². The van der Waals surface area contributed by atoms with Crippen LogP contribution in [-0.2, 0) is 0 Å². The Kier molecular flexibility index (Phi) is 7.61. The molecule has 11 aromatic rings. The third kappa shape index (κ3) is 5.43. The van der Waals surface area contributed by atoms with Crippen LogP contribution in [0.25, 0.3) is 84.5 Å². The summed E-state index contributed by atoms with van der Waals surface area (Å²) in [6, 6.07) is 73.4. The molecule has 0 radical (unpaired) electrons. The molecule has 0 atom stereocenters. The molecule has 0 aliphatic heterocycles. The normalized spacial score (nSPS) is 11.6. The third-order valence-corrected chi connectivity index (χ3v) is 13.3. The van der Waals surface area contributed by atoms with Gasteiger partial charge in [0.15, 0.2) is 0 Å². The topological polar surface area (TPSA) is 3.24 Å². The molecule has 2 aromatic heterocycles. The van der Waals surface area contributed by atoms with Crippen LogP contribution in [0.1, 0.15) is 0 Å². The van der Waals surface area contributed by atoms with Gasteiger partial charge in [-0.15, -0.1) is 22.7 Å². The lowest BCUT2D eigenvalue weighted by molar-refractivity contribution is 1.28. The molecule has 0 aliphatic rings. The van der Waals surface area contributed by atoms with E-state index in [-0.39, 0.29) is 0 Å². The van der Waals surface area contributed by atoms with Gasteiger partial charge in [0.05, 0.1) is 5.69 Å². The lowest BCUT2D eigenvalue weighted by Crippen LogP contribution is -2.11. The highest BCUT2D eigenvalue weighted by Crippen LogP contribution is 2.46. The first-order chi connectivity index (χ1) is 27.3. The Morgan fingerprint density at radius 2 is 0.836 bits per heavy atom. The molecule has 0 spiro atoms. The van der Waals surface area contributed by atoms with Crippen molar-refractivity contribution in [3.8, 4) is 33.4 Å². The highest BCUT2D eigenvalue weighted by Gasteiger charge is 2.20. The molecular weight excluding hydrogens is 703 g/mol. The van der Waals surface area contributed by atoms with Crippen molar-refractivity contribution >= 4 is 90.9 Å². The smallest absolute Gasteiger partial charge is 0.0540 e. The van der Waals surface area contributed by atoms with Crippen LogP contribution in [0.3, 0.4) is 0 Å². The number of hydrogen-bond donors (Lipinski definition) is 0. The molecule has 55 heavy (non-hydrogen) atoms. The maximum absolute atomic E-state index is 2.42. The third-order valence-electron chi connectivity index (χ3n) is 10.9. The van der Waals surface area contributed by atoms with Crippen LogP contribution in [0.5, 0.6) is 0 Å². The molecule has 0 bridgehead atoms. The number of hydrogen-bond acceptors (Lipinski definition) is 3. The largest absolute Gasteiger partial charge is 0.310 e. The van der Waals surface area contributed by atoms with Crippen LogP contribution in [0.2, 0.25) is 0 Å². The molecule has 0 unspecified atom stereocenters. The van der Waals surface area contributed by atoms with Crippen molar-refractivity contribution in [3.63, 3.8) is 0 Å². The Balaban J connectivity index is 1.06. The van der Waals surface area contributed by atoms with E-state index in [2.05, 4.69) is 205 Å². The number of para-hydroxylation sites is 1. The number of benzene rings is 9. The van der Waals surface area contributed by atoms with Crippen LogP contribution >= 0.6 is 22.7 Å². The Hall–Kier alpha value is -6.52. The van der Waals surface area contributed by atoms with Crippen molar-refractivity contribution in [1.82, 2.24) is 0 Å². The lowest BCUT2D eigenvalue weighted by atomic mass is 9.97. The number of fused-ring (bicyclic) bond motifs is 7. The van der Waals surface area contributed by atoms with E-state index in [0.29, 0.717) is 0 Å². The molecule has 0 aliphatic carbocycles. The number of rotatable bonds is 6. The highest BCUT2D eigenvalue weighted by molar-refractivity contribution is 7.26. The van der Waals surface area contributed by atoms with Crippen LogP contribution in [-0.4, -0.2) is 0 Å². The van der Waals surface area contributed by atoms with Crippen molar-refractivity contribution in [2.24, 2.45) is 0 Å². The summed E-state index contributed by atoms with van der Waals surface area (Å²) in [5, 5.41) is 7.77. The molecule has 258 valence electrons. The van der Waals surface area contributed by atoms with Gasteiger partial charge in [0.25, 0.3) is 0 Å². The highest BCUT2D eigenvalue weighted by atomic mass is 32.1. The van der Waals surface area contributed by atoms with Gasteiger partial charge in [-0.3, -0.25) is 0 Å². The second kappa shape index (κ2) is 13.1. The first-order valence-corrected chi connectivity index (χ1v) is 20.3. The Bertz CT molecular complexity index is 3200. The molecule has 2 heterocycles. The Morgan fingerprint density at radius 3 is 1.64 bits per heavy atom. The predicted molar refractivity (Wildman–Crippen MR) is 241 cm³/mol. The zero-order valence-corrected chi connectivity index (χ0v) is 31.4. The van der Waals surface area contributed by atoms with Crippen LogP contribution in [0.4, 0.5) is 17.1 Å². The van der Waals surface area contributed by atoms with Gasteiger partial charge in [-0.2, -0.15) is 0 Å². The van der Waals surface area contributed by atoms with E-state index in [1.165, 1.54) is 84.5 Å². The molecule has 0 saturated carbocycles. The summed E-state index contributed by atoms with van der Waals surface area (Å²) in [5.41, 5.74) is 10.7. The lowest BCUT2D eigenvalue weighted by Gasteiger charge is -2.28. The standard InChI is InChI=1S/C52H33NS2/c1-2-13-40-35(11-1)12-9-17-41(40)36-25-30-39(31-26-36)53(38-28-23-34(24-29-38)37-27-32-51-47(33-37)44-16-5-7-21-49(44)54-51)48-20-6-3-14-42(48)45-18-10-19-46-43-15-4-8-22-50(43)55-52(45)46/h1-33H. The van der Waals surface area contributed by atoms with E-state index >= 15 is 0 Å². The number of nitrogens with zero attached hydrogens (tertiary/aromatic N) is 1. The summed E-state index contributed by atoms with van der Waals surface area (Å²) >= 11 is 3.74. The van der Waals surface area contributed by atoms with E-state index in [9.17, 15) is 0 Å². The van der Waals surface area contributed by atoms with Gasteiger partial charge in [-0.05, 0) is 87.6 Å². The minimum Gasteiger partial charge on any atom is -0.310 e.